The minimum absolute atomic E-state index is 0.179. The fourth-order valence-electron chi connectivity index (χ4n) is 2.18. The molecule has 0 aliphatic heterocycles. The predicted octanol–water partition coefficient (Wildman–Crippen LogP) is 2.72. The molecule has 2 aromatic carbocycles. The topological polar surface area (TPSA) is 89.8 Å². The van der Waals surface area contributed by atoms with Crippen molar-refractivity contribution in [2.75, 3.05) is 13.7 Å². The summed E-state index contributed by atoms with van der Waals surface area (Å²) < 4.78 is 4.92. The summed E-state index contributed by atoms with van der Waals surface area (Å²) in [4.78, 5) is 35.8. The van der Waals surface area contributed by atoms with Crippen LogP contribution in [-0.4, -0.2) is 35.4 Å². The lowest BCUT2D eigenvalue weighted by molar-refractivity contribution is -0.385. The van der Waals surface area contributed by atoms with Crippen LogP contribution in [0.15, 0.2) is 48.5 Å². The Morgan fingerprint density at radius 3 is 2.40 bits per heavy atom. The molecule has 0 heterocycles. The zero-order valence-corrected chi connectivity index (χ0v) is 14.0. The van der Waals surface area contributed by atoms with Gasteiger partial charge < -0.3 is 9.64 Å². The second-order valence-corrected chi connectivity index (χ2v) is 5.59. The Balaban J connectivity index is 1.94. The highest BCUT2D eigenvalue weighted by molar-refractivity contribution is 5.95. The van der Waals surface area contributed by atoms with Crippen molar-refractivity contribution in [3.05, 3.63) is 75.3 Å². The molecule has 7 nitrogen and oxygen atoms in total. The van der Waals surface area contributed by atoms with Crippen molar-refractivity contribution in [1.29, 1.82) is 0 Å². The van der Waals surface area contributed by atoms with E-state index in [1.54, 1.807) is 7.05 Å². The number of benzene rings is 2. The van der Waals surface area contributed by atoms with Crippen LogP contribution < -0.4 is 0 Å². The minimum Gasteiger partial charge on any atom is -0.452 e. The number of esters is 1. The molecule has 25 heavy (non-hydrogen) atoms. The Morgan fingerprint density at radius 2 is 1.76 bits per heavy atom. The summed E-state index contributed by atoms with van der Waals surface area (Å²) in [6, 6.07) is 13.2. The first kappa shape index (κ1) is 18.1. The monoisotopic (exact) mass is 342 g/mol. The summed E-state index contributed by atoms with van der Waals surface area (Å²) in [5.74, 6) is -1.29. The van der Waals surface area contributed by atoms with Gasteiger partial charge in [0.1, 0.15) is 5.56 Å². The molecule has 7 heteroatoms. The molecule has 2 rings (SSSR count). The van der Waals surface area contributed by atoms with Gasteiger partial charge in [-0.3, -0.25) is 14.9 Å². The summed E-state index contributed by atoms with van der Waals surface area (Å²) in [6.07, 6.45) is 0. The molecule has 0 N–H and O–H groups in total. The van der Waals surface area contributed by atoms with Crippen molar-refractivity contribution < 1.29 is 19.2 Å². The summed E-state index contributed by atoms with van der Waals surface area (Å²) in [5, 5.41) is 10.9. The summed E-state index contributed by atoms with van der Waals surface area (Å²) in [7, 11) is 1.60. The number of carbonyl (C=O) groups excluding carboxylic acids is 2. The average molecular weight is 342 g/mol. The molecule has 0 unspecified atom stereocenters. The summed E-state index contributed by atoms with van der Waals surface area (Å²) in [6.45, 7) is 1.87. The number of hydrogen-bond donors (Lipinski definition) is 0. The largest absolute Gasteiger partial charge is 0.452 e. The molecule has 0 aliphatic carbocycles. The number of amides is 1. The van der Waals surface area contributed by atoms with Crippen LogP contribution in [0.25, 0.3) is 0 Å². The molecule has 130 valence electrons. The molecule has 0 fully saturated rings. The Kier molecular flexibility index (Phi) is 5.84. The SMILES string of the molecule is Cc1ccc(CN(C)C(=O)COC(=O)c2ccccc2[N+](=O)[O-])cc1. The molecule has 0 bridgehead atoms. The van der Waals surface area contributed by atoms with Crippen molar-refractivity contribution in [2.24, 2.45) is 0 Å². The van der Waals surface area contributed by atoms with Gasteiger partial charge in [-0.25, -0.2) is 4.79 Å². The van der Waals surface area contributed by atoms with Gasteiger partial charge in [-0.15, -0.1) is 0 Å². The average Bonchev–Trinajstić information content (AvgIpc) is 2.61. The third-order valence-electron chi connectivity index (χ3n) is 3.61. The van der Waals surface area contributed by atoms with E-state index in [1.165, 1.54) is 29.2 Å². The Bertz CT molecular complexity index is 786. The standard InChI is InChI=1S/C18H18N2O5/c1-13-7-9-14(10-8-13)11-19(2)17(21)12-25-18(22)15-5-3-4-6-16(15)20(23)24/h3-10H,11-12H2,1-2H3. The molecule has 2 aromatic rings. The van der Waals surface area contributed by atoms with Crippen LogP contribution in [0.2, 0.25) is 0 Å². The zero-order valence-electron chi connectivity index (χ0n) is 14.0. The van der Waals surface area contributed by atoms with Crippen LogP contribution in [0.5, 0.6) is 0 Å². The first-order valence-electron chi connectivity index (χ1n) is 7.58. The van der Waals surface area contributed by atoms with Crippen LogP contribution in [0.4, 0.5) is 5.69 Å². The molecular formula is C18H18N2O5. The lowest BCUT2D eigenvalue weighted by atomic mass is 10.1. The number of aryl methyl sites for hydroxylation is 1. The molecule has 0 atom stereocenters. The second kappa shape index (κ2) is 8.05. The third kappa shape index (κ3) is 4.87. The van der Waals surface area contributed by atoms with Crippen LogP contribution in [0.1, 0.15) is 21.5 Å². The first-order chi connectivity index (χ1) is 11.9. The van der Waals surface area contributed by atoms with E-state index in [4.69, 9.17) is 4.74 Å². The Hall–Kier alpha value is -3.22. The van der Waals surface area contributed by atoms with Gasteiger partial charge in [-0.05, 0) is 18.6 Å². The molecule has 0 spiro atoms. The number of nitro groups is 1. The third-order valence-corrected chi connectivity index (χ3v) is 3.61. The van der Waals surface area contributed by atoms with Gasteiger partial charge in [0.15, 0.2) is 6.61 Å². The van der Waals surface area contributed by atoms with Gasteiger partial charge in [-0.2, -0.15) is 0 Å². The van der Waals surface area contributed by atoms with Gasteiger partial charge in [0.25, 0.3) is 11.6 Å². The van der Waals surface area contributed by atoms with E-state index in [2.05, 4.69) is 0 Å². The maximum Gasteiger partial charge on any atom is 0.345 e. The highest BCUT2D eigenvalue weighted by Gasteiger charge is 2.21. The quantitative estimate of drug-likeness (QED) is 0.457. The van der Waals surface area contributed by atoms with E-state index in [0.717, 1.165) is 11.1 Å². The molecule has 0 aliphatic rings. The highest BCUT2D eigenvalue weighted by atomic mass is 16.6. The van der Waals surface area contributed by atoms with E-state index in [0.29, 0.717) is 6.54 Å². The number of hydrogen-bond acceptors (Lipinski definition) is 5. The van der Waals surface area contributed by atoms with Crippen molar-refractivity contribution in [2.45, 2.75) is 13.5 Å². The van der Waals surface area contributed by atoms with Gasteiger partial charge >= 0.3 is 5.97 Å². The van der Waals surface area contributed by atoms with Gasteiger partial charge in [0, 0.05) is 19.7 Å². The maximum atomic E-state index is 12.1. The number of carbonyl (C=O) groups is 2. The Labute approximate surface area is 145 Å². The molecule has 0 saturated carbocycles. The number of likely N-dealkylation sites (N-methyl/N-ethyl adjacent to an activating group) is 1. The molecular weight excluding hydrogens is 324 g/mol. The van der Waals surface area contributed by atoms with E-state index < -0.39 is 23.4 Å². The Morgan fingerprint density at radius 1 is 1.12 bits per heavy atom. The number of rotatable bonds is 6. The fraction of sp³-hybridized carbons (Fsp3) is 0.222. The van der Waals surface area contributed by atoms with Crippen molar-refractivity contribution >= 4 is 17.6 Å². The second-order valence-electron chi connectivity index (χ2n) is 5.59. The first-order valence-corrected chi connectivity index (χ1v) is 7.58. The minimum atomic E-state index is -0.899. The fourth-order valence-corrected chi connectivity index (χ4v) is 2.18. The van der Waals surface area contributed by atoms with Crippen LogP contribution in [0, 0.1) is 17.0 Å². The number of nitrogens with zero attached hydrogens (tertiary/aromatic N) is 2. The smallest absolute Gasteiger partial charge is 0.345 e. The van der Waals surface area contributed by atoms with E-state index in [1.807, 2.05) is 31.2 Å². The molecule has 1 amide bonds. The molecule has 0 aromatic heterocycles. The zero-order chi connectivity index (χ0) is 18.4. The maximum absolute atomic E-state index is 12.1. The lowest BCUT2D eigenvalue weighted by Gasteiger charge is -2.17. The summed E-state index contributed by atoms with van der Waals surface area (Å²) >= 11 is 0. The lowest BCUT2D eigenvalue weighted by Crippen LogP contribution is -2.30. The van der Waals surface area contributed by atoms with Crippen LogP contribution in [0.3, 0.4) is 0 Å². The normalized spacial score (nSPS) is 10.2. The van der Waals surface area contributed by atoms with Crippen LogP contribution in [-0.2, 0) is 16.1 Å². The summed E-state index contributed by atoms with van der Waals surface area (Å²) in [5.41, 5.74) is 1.54. The van der Waals surface area contributed by atoms with E-state index >= 15 is 0 Å². The van der Waals surface area contributed by atoms with E-state index in [9.17, 15) is 19.7 Å². The van der Waals surface area contributed by atoms with Crippen molar-refractivity contribution in [3.8, 4) is 0 Å². The van der Waals surface area contributed by atoms with Gasteiger partial charge in [-0.1, -0.05) is 42.0 Å². The molecule has 0 saturated heterocycles. The van der Waals surface area contributed by atoms with Gasteiger partial charge in [0.05, 0.1) is 4.92 Å². The predicted molar refractivity (Wildman–Crippen MR) is 91.0 cm³/mol. The van der Waals surface area contributed by atoms with Gasteiger partial charge in [0.2, 0.25) is 0 Å². The number of nitro benzene ring substituents is 1. The van der Waals surface area contributed by atoms with Crippen LogP contribution >= 0.6 is 0 Å². The van der Waals surface area contributed by atoms with E-state index in [-0.39, 0.29) is 11.3 Å². The number of ether oxygens (including phenoxy) is 1. The van der Waals surface area contributed by atoms with Crippen molar-refractivity contribution in [1.82, 2.24) is 4.90 Å². The number of para-hydroxylation sites is 1. The highest BCUT2D eigenvalue weighted by Crippen LogP contribution is 2.18. The molecule has 0 radical (unpaired) electrons. The van der Waals surface area contributed by atoms with Crippen molar-refractivity contribution in [3.63, 3.8) is 0 Å².